The van der Waals surface area contributed by atoms with E-state index in [9.17, 15) is 38.7 Å². The molecular formula is C20H34N8O10. The van der Waals surface area contributed by atoms with Crippen molar-refractivity contribution in [1.29, 1.82) is 0 Å². The maximum atomic E-state index is 12.9. The van der Waals surface area contributed by atoms with Gasteiger partial charge in [-0.2, -0.15) is 0 Å². The summed E-state index contributed by atoms with van der Waals surface area (Å²) >= 11 is 0. The topological polar surface area (TPSA) is 333 Å². The van der Waals surface area contributed by atoms with Gasteiger partial charge in [0.1, 0.15) is 18.1 Å². The standard InChI is InChI=1S/C20H34N8O10/c21-9(8-13(22)29)16(34)26-11(3-5-14(30)31)18(36)27-10(2-1-7-25-20(23)24)17(35)28-12(19(37)38)4-6-15(32)33/h9-12H,1-8,21H2,(H2,22,29)(H,26,34)(H,27,36)(H,28,35)(H,30,31)(H,32,33)(H,37,38)(H4,23,24,25). The van der Waals surface area contributed by atoms with Crippen LogP contribution in [-0.4, -0.2) is 93.5 Å². The largest absolute Gasteiger partial charge is 0.481 e. The van der Waals surface area contributed by atoms with Gasteiger partial charge in [0.2, 0.25) is 23.6 Å². The third-order valence-corrected chi connectivity index (χ3v) is 4.88. The lowest BCUT2D eigenvalue weighted by Gasteiger charge is -2.25. The fraction of sp³-hybridized carbons (Fsp3) is 0.600. The van der Waals surface area contributed by atoms with Crippen molar-refractivity contribution >= 4 is 47.5 Å². The van der Waals surface area contributed by atoms with Crippen molar-refractivity contribution in [2.45, 2.75) is 69.1 Å². The van der Waals surface area contributed by atoms with Crippen LogP contribution in [0.1, 0.15) is 44.9 Å². The highest BCUT2D eigenvalue weighted by Crippen LogP contribution is 2.06. The number of hydrogen-bond donors (Lipinski definition) is 10. The zero-order chi connectivity index (χ0) is 29.4. The summed E-state index contributed by atoms with van der Waals surface area (Å²) in [6, 6.07) is -5.94. The number of aliphatic imine (C=N–C) groups is 1. The van der Waals surface area contributed by atoms with Gasteiger partial charge in [0.05, 0.1) is 12.5 Å². The molecule has 18 nitrogen and oxygen atoms in total. The zero-order valence-electron chi connectivity index (χ0n) is 20.4. The Morgan fingerprint density at radius 2 is 1.13 bits per heavy atom. The minimum atomic E-state index is -1.59. The van der Waals surface area contributed by atoms with Crippen molar-refractivity contribution in [3.8, 4) is 0 Å². The smallest absolute Gasteiger partial charge is 0.326 e. The molecule has 38 heavy (non-hydrogen) atoms. The Hall–Kier alpha value is -4.48. The average molecular weight is 547 g/mol. The van der Waals surface area contributed by atoms with E-state index < -0.39 is 97.8 Å². The van der Waals surface area contributed by atoms with Crippen molar-refractivity contribution in [1.82, 2.24) is 16.0 Å². The number of nitrogens with zero attached hydrogens (tertiary/aromatic N) is 1. The van der Waals surface area contributed by atoms with Crippen LogP contribution in [0.3, 0.4) is 0 Å². The molecule has 0 aliphatic carbocycles. The lowest BCUT2D eigenvalue weighted by atomic mass is 10.1. The van der Waals surface area contributed by atoms with E-state index in [-0.39, 0.29) is 25.3 Å². The first-order valence-electron chi connectivity index (χ1n) is 11.3. The molecule has 4 atom stereocenters. The van der Waals surface area contributed by atoms with Crippen LogP contribution in [0.25, 0.3) is 0 Å². The normalized spacial score (nSPS) is 13.6. The van der Waals surface area contributed by atoms with Crippen molar-refractivity contribution in [3.05, 3.63) is 0 Å². The van der Waals surface area contributed by atoms with E-state index in [1.54, 1.807) is 0 Å². The summed E-state index contributed by atoms with van der Waals surface area (Å²) in [7, 11) is 0. The summed E-state index contributed by atoms with van der Waals surface area (Å²) in [6.45, 7) is 0.0322. The van der Waals surface area contributed by atoms with Crippen LogP contribution >= 0.6 is 0 Å². The maximum absolute atomic E-state index is 12.9. The van der Waals surface area contributed by atoms with Crippen LogP contribution in [0, 0.1) is 0 Å². The SMILES string of the molecule is NC(=O)CC(N)C(=O)NC(CCC(=O)O)C(=O)NC(CCCN=C(N)N)C(=O)NC(CCC(=O)O)C(=O)O. The van der Waals surface area contributed by atoms with Gasteiger partial charge < -0.3 is 54.2 Å². The number of hydrogen-bond acceptors (Lipinski definition) is 9. The van der Waals surface area contributed by atoms with Crippen molar-refractivity contribution in [2.75, 3.05) is 6.54 Å². The predicted octanol–water partition coefficient (Wildman–Crippen LogP) is -4.49. The molecule has 0 aromatic carbocycles. The number of amides is 4. The zero-order valence-corrected chi connectivity index (χ0v) is 20.4. The number of rotatable bonds is 19. The first-order valence-corrected chi connectivity index (χ1v) is 11.3. The minimum Gasteiger partial charge on any atom is -0.481 e. The number of carboxylic acids is 3. The van der Waals surface area contributed by atoms with E-state index in [2.05, 4.69) is 20.9 Å². The molecule has 0 radical (unpaired) electrons. The molecule has 0 fully saturated rings. The van der Waals surface area contributed by atoms with Gasteiger partial charge >= 0.3 is 17.9 Å². The molecule has 0 saturated carbocycles. The fourth-order valence-electron chi connectivity index (χ4n) is 2.97. The summed E-state index contributed by atoms with van der Waals surface area (Å²) in [5.41, 5.74) is 21.0. The van der Waals surface area contributed by atoms with Crippen LogP contribution in [0.15, 0.2) is 4.99 Å². The highest BCUT2D eigenvalue weighted by Gasteiger charge is 2.31. The quantitative estimate of drug-likeness (QED) is 0.0415. The highest BCUT2D eigenvalue weighted by molar-refractivity contribution is 5.95. The summed E-state index contributed by atoms with van der Waals surface area (Å²) in [6.07, 6.45) is -2.55. The summed E-state index contributed by atoms with van der Waals surface area (Å²) in [5, 5.41) is 33.7. The van der Waals surface area contributed by atoms with Crippen LogP contribution in [-0.2, 0) is 33.6 Å². The number of primary amides is 1. The summed E-state index contributed by atoms with van der Waals surface area (Å²) < 4.78 is 0. The van der Waals surface area contributed by atoms with Gasteiger partial charge in [0.25, 0.3) is 0 Å². The van der Waals surface area contributed by atoms with E-state index in [0.717, 1.165) is 0 Å². The average Bonchev–Trinajstić information content (AvgIpc) is 2.79. The number of nitrogens with one attached hydrogen (secondary N) is 3. The molecule has 0 aliphatic rings. The highest BCUT2D eigenvalue weighted by atomic mass is 16.4. The van der Waals surface area contributed by atoms with Gasteiger partial charge in [-0.25, -0.2) is 4.79 Å². The molecule has 0 aromatic rings. The third kappa shape index (κ3) is 14.8. The Labute approximate surface area is 216 Å². The Morgan fingerprint density at radius 3 is 1.58 bits per heavy atom. The molecular weight excluding hydrogens is 512 g/mol. The summed E-state index contributed by atoms with van der Waals surface area (Å²) in [4.78, 5) is 86.1. The van der Waals surface area contributed by atoms with Gasteiger partial charge in [-0.05, 0) is 25.7 Å². The van der Waals surface area contributed by atoms with Gasteiger partial charge in [-0.1, -0.05) is 0 Å². The molecule has 0 heterocycles. The predicted molar refractivity (Wildman–Crippen MR) is 129 cm³/mol. The molecule has 18 heteroatoms. The summed E-state index contributed by atoms with van der Waals surface area (Å²) in [5.74, 6) is -8.22. The first-order chi connectivity index (χ1) is 17.6. The molecule has 0 bridgehead atoms. The van der Waals surface area contributed by atoms with E-state index >= 15 is 0 Å². The van der Waals surface area contributed by atoms with Crippen LogP contribution < -0.4 is 38.9 Å². The maximum Gasteiger partial charge on any atom is 0.326 e. The van der Waals surface area contributed by atoms with Gasteiger partial charge in [0, 0.05) is 19.4 Å². The van der Waals surface area contributed by atoms with Crippen molar-refractivity contribution < 1.29 is 48.9 Å². The van der Waals surface area contributed by atoms with E-state index in [1.807, 2.05) is 0 Å². The van der Waals surface area contributed by atoms with E-state index in [0.29, 0.717) is 0 Å². The molecule has 14 N–H and O–H groups in total. The second-order valence-corrected chi connectivity index (χ2v) is 8.11. The second kappa shape index (κ2) is 17.1. The Morgan fingerprint density at radius 1 is 0.684 bits per heavy atom. The van der Waals surface area contributed by atoms with Gasteiger partial charge in [-0.15, -0.1) is 0 Å². The van der Waals surface area contributed by atoms with Crippen LogP contribution in [0.5, 0.6) is 0 Å². The monoisotopic (exact) mass is 546 g/mol. The third-order valence-electron chi connectivity index (χ3n) is 4.88. The molecule has 0 rings (SSSR count). The van der Waals surface area contributed by atoms with Gasteiger partial charge in [0.15, 0.2) is 5.96 Å². The Balaban J connectivity index is 5.74. The molecule has 0 spiro atoms. The van der Waals surface area contributed by atoms with Crippen LogP contribution in [0.4, 0.5) is 0 Å². The molecule has 0 aromatic heterocycles. The number of carboxylic acid groups (broad SMARTS) is 3. The Bertz CT molecular complexity index is 921. The molecule has 4 unspecified atom stereocenters. The lowest BCUT2D eigenvalue weighted by Crippen LogP contribution is -2.57. The molecule has 214 valence electrons. The number of aliphatic carboxylic acids is 3. The number of carbonyl (C=O) groups is 7. The number of guanidine groups is 1. The second-order valence-electron chi connectivity index (χ2n) is 8.11. The van der Waals surface area contributed by atoms with E-state index in [1.165, 1.54) is 0 Å². The van der Waals surface area contributed by atoms with Crippen LogP contribution in [0.2, 0.25) is 0 Å². The molecule has 4 amide bonds. The van der Waals surface area contributed by atoms with Crippen molar-refractivity contribution in [3.63, 3.8) is 0 Å². The first kappa shape index (κ1) is 33.5. The number of nitrogens with two attached hydrogens (primary N) is 4. The fourth-order valence-corrected chi connectivity index (χ4v) is 2.97. The molecule has 0 aliphatic heterocycles. The van der Waals surface area contributed by atoms with Crippen molar-refractivity contribution in [2.24, 2.45) is 27.9 Å². The number of carbonyl (C=O) groups excluding carboxylic acids is 4. The van der Waals surface area contributed by atoms with E-state index in [4.69, 9.17) is 33.1 Å². The molecule has 0 saturated heterocycles. The van der Waals surface area contributed by atoms with Gasteiger partial charge in [-0.3, -0.25) is 33.8 Å². The Kier molecular flexibility index (Phi) is 15.0. The lowest BCUT2D eigenvalue weighted by molar-refractivity contribution is -0.143. The minimum absolute atomic E-state index is 0.0322.